The van der Waals surface area contributed by atoms with Crippen molar-refractivity contribution in [2.24, 2.45) is 0 Å². The Balaban J connectivity index is 1.62. The Hall–Kier alpha value is -3.08. The van der Waals surface area contributed by atoms with Crippen LogP contribution < -0.4 is 0 Å². The van der Waals surface area contributed by atoms with Gasteiger partial charge in [0.25, 0.3) is 0 Å². The maximum atomic E-state index is 14.4. The summed E-state index contributed by atoms with van der Waals surface area (Å²) in [7, 11) is 0. The average Bonchev–Trinajstić information content (AvgIpc) is 3.29. The SMILES string of the molecule is Cc1ccccc1/C=C(/CCc1nc(-c2ccc(COCCOCCO)c(F)c2)no1)C(F)(F)F. The van der Waals surface area contributed by atoms with Crippen LogP contribution in [0.4, 0.5) is 17.6 Å². The fraction of sp³-hybridized carbons (Fsp3) is 0.360. The molecule has 0 radical (unpaired) electrons. The van der Waals surface area contributed by atoms with Crippen LogP contribution in [0.1, 0.15) is 29.0 Å². The summed E-state index contributed by atoms with van der Waals surface area (Å²) in [6.07, 6.45) is -3.83. The Kier molecular flexibility index (Phi) is 9.53. The fourth-order valence-electron chi connectivity index (χ4n) is 3.22. The van der Waals surface area contributed by atoms with E-state index in [2.05, 4.69) is 10.1 Å². The molecule has 0 aliphatic heterocycles. The number of aryl methyl sites for hydroxylation is 2. The Labute approximate surface area is 200 Å². The molecular weight excluding hydrogens is 468 g/mol. The number of aromatic nitrogens is 2. The van der Waals surface area contributed by atoms with E-state index < -0.39 is 17.6 Å². The molecule has 10 heteroatoms. The molecule has 2 aromatic carbocycles. The van der Waals surface area contributed by atoms with Gasteiger partial charge in [0, 0.05) is 23.1 Å². The molecule has 0 fully saturated rings. The highest BCUT2D eigenvalue weighted by Crippen LogP contribution is 2.32. The summed E-state index contributed by atoms with van der Waals surface area (Å²) >= 11 is 0. The van der Waals surface area contributed by atoms with Crippen LogP contribution in [-0.2, 0) is 22.5 Å². The quantitative estimate of drug-likeness (QED) is 0.272. The van der Waals surface area contributed by atoms with E-state index in [1.54, 1.807) is 37.3 Å². The summed E-state index contributed by atoms with van der Waals surface area (Å²) in [6, 6.07) is 11.1. The molecule has 6 nitrogen and oxygen atoms in total. The molecule has 0 unspecified atom stereocenters. The number of alkyl halides is 3. The van der Waals surface area contributed by atoms with Crippen molar-refractivity contribution in [2.45, 2.75) is 32.5 Å². The van der Waals surface area contributed by atoms with Gasteiger partial charge in [0.2, 0.25) is 11.7 Å². The van der Waals surface area contributed by atoms with Crippen LogP contribution in [-0.4, -0.2) is 47.9 Å². The minimum atomic E-state index is -4.50. The second-order valence-electron chi connectivity index (χ2n) is 7.73. The lowest BCUT2D eigenvalue weighted by atomic mass is 10.0. The maximum Gasteiger partial charge on any atom is 0.412 e. The number of hydrogen-bond donors (Lipinski definition) is 1. The molecule has 3 aromatic rings. The molecule has 0 saturated heterocycles. The van der Waals surface area contributed by atoms with Crippen LogP contribution in [0.25, 0.3) is 17.5 Å². The smallest absolute Gasteiger partial charge is 0.394 e. The summed E-state index contributed by atoms with van der Waals surface area (Å²) in [6.45, 7) is 2.42. The molecule has 0 saturated carbocycles. The number of ether oxygens (including phenoxy) is 2. The van der Waals surface area contributed by atoms with Crippen molar-refractivity contribution in [3.05, 3.63) is 76.4 Å². The molecular formula is C25H26F4N2O4. The zero-order valence-electron chi connectivity index (χ0n) is 19.1. The van der Waals surface area contributed by atoms with Gasteiger partial charge < -0.3 is 19.1 Å². The monoisotopic (exact) mass is 494 g/mol. The van der Waals surface area contributed by atoms with E-state index in [1.165, 1.54) is 12.1 Å². The number of benzene rings is 2. The van der Waals surface area contributed by atoms with Gasteiger partial charge in [-0.25, -0.2) is 4.39 Å². The first-order valence-electron chi connectivity index (χ1n) is 11.0. The predicted octanol–water partition coefficient (Wildman–Crippen LogP) is 5.29. The summed E-state index contributed by atoms with van der Waals surface area (Å²) in [5, 5.41) is 12.4. The van der Waals surface area contributed by atoms with E-state index in [0.717, 1.165) is 11.6 Å². The molecule has 1 aromatic heterocycles. The molecule has 188 valence electrons. The van der Waals surface area contributed by atoms with E-state index in [4.69, 9.17) is 19.1 Å². The Bertz CT molecular complexity index is 1130. The second kappa shape index (κ2) is 12.6. The van der Waals surface area contributed by atoms with Crippen molar-refractivity contribution in [2.75, 3.05) is 26.4 Å². The first-order chi connectivity index (χ1) is 16.8. The number of aliphatic hydroxyl groups excluding tert-OH is 1. The summed E-state index contributed by atoms with van der Waals surface area (Å²) in [5.41, 5.74) is 1.17. The zero-order chi connectivity index (χ0) is 25.3. The Morgan fingerprint density at radius 2 is 1.86 bits per heavy atom. The summed E-state index contributed by atoms with van der Waals surface area (Å²) in [5.74, 6) is -0.429. The first kappa shape index (κ1) is 26.5. The highest BCUT2D eigenvalue weighted by Gasteiger charge is 2.33. The van der Waals surface area contributed by atoms with Crippen molar-refractivity contribution in [1.29, 1.82) is 0 Å². The van der Waals surface area contributed by atoms with E-state index in [9.17, 15) is 17.6 Å². The van der Waals surface area contributed by atoms with Gasteiger partial charge in [0.15, 0.2) is 0 Å². The molecule has 0 aliphatic rings. The fourth-order valence-corrected chi connectivity index (χ4v) is 3.22. The molecule has 0 amide bonds. The van der Waals surface area contributed by atoms with Gasteiger partial charge in [0.05, 0.1) is 33.0 Å². The number of rotatable bonds is 12. The standard InChI is InChI=1S/C25H26F4N2O4/c1-17-4-2-3-5-18(17)14-21(25(27,28)29)8-9-23-30-24(31-35-23)19-6-7-20(22(26)15-19)16-34-13-12-33-11-10-32/h2-7,14-15,32H,8-13,16H2,1H3/b21-14-. The Morgan fingerprint density at radius 3 is 2.57 bits per heavy atom. The Morgan fingerprint density at radius 1 is 1.09 bits per heavy atom. The largest absolute Gasteiger partial charge is 0.412 e. The minimum absolute atomic E-state index is 0.0237. The third-order valence-electron chi connectivity index (χ3n) is 5.14. The van der Waals surface area contributed by atoms with Crippen molar-refractivity contribution < 1.29 is 36.7 Å². The highest BCUT2D eigenvalue weighted by atomic mass is 19.4. The van der Waals surface area contributed by atoms with Crippen molar-refractivity contribution in [3.8, 4) is 11.4 Å². The van der Waals surface area contributed by atoms with Gasteiger partial charge in [-0.15, -0.1) is 0 Å². The lowest BCUT2D eigenvalue weighted by molar-refractivity contribution is -0.0930. The molecule has 0 atom stereocenters. The summed E-state index contributed by atoms with van der Waals surface area (Å²) in [4.78, 5) is 4.13. The van der Waals surface area contributed by atoms with Gasteiger partial charge in [-0.3, -0.25) is 0 Å². The number of halogens is 4. The van der Waals surface area contributed by atoms with Gasteiger partial charge in [-0.05, 0) is 36.6 Å². The van der Waals surface area contributed by atoms with Crippen LogP contribution in [0, 0.1) is 12.7 Å². The molecule has 3 rings (SSSR count). The molecule has 0 spiro atoms. The molecule has 1 N–H and O–H groups in total. The van der Waals surface area contributed by atoms with E-state index in [-0.39, 0.29) is 57.6 Å². The van der Waals surface area contributed by atoms with E-state index in [1.807, 2.05) is 0 Å². The van der Waals surface area contributed by atoms with E-state index >= 15 is 0 Å². The van der Waals surface area contributed by atoms with Crippen molar-refractivity contribution >= 4 is 6.08 Å². The van der Waals surface area contributed by atoms with Gasteiger partial charge in [-0.2, -0.15) is 18.2 Å². The highest BCUT2D eigenvalue weighted by molar-refractivity contribution is 5.58. The van der Waals surface area contributed by atoms with Crippen LogP contribution in [0.5, 0.6) is 0 Å². The third kappa shape index (κ3) is 7.98. The van der Waals surface area contributed by atoms with Crippen molar-refractivity contribution in [1.82, 2.24) is 10.1 Å². The molecule has 0 bridgehead atoms. The number of nitrogens with zero attached hydrogens (tertiary/aromatic N) is 2. The minimum Gasteiger partial charge on any atom is -0.394 e. The number of aliphatic hydroxyl groups is 1. The molecule has 35 heavy (non-hydrogen) atoms. The van der Waals surface area contributed by atoms with Crippen LogP contribution in [0.2, 0.25) is 0 Å². The zero-order valence-corrected chi connectivity index (χ0v) is 19.1. The average molecular weight is 494 g/mol. The van der Waals surface area contributed by atoms with Gasteiger partial charge in [0.1, 0.15) is 5.82 Å². The van der Waals surface area contributed by atoms with Gasteiger partial charge >= 0.3 is 6.18 Å². The third-order valence-corrected chi connectivity index (χ3v) is 5.14. The van der Waals surface area contributed by atoms with E-state index in [0.29, 0.717) is 16.7 Å². The summed E-state index contributed by atoms with van der Waals surface area (Å²) < 4.78 is 70.6. The molecule has 1 heterocycles. The first-order valence-corrected chi connectivity index (χ1v) is 11.0. The topological polar surface area (TPSA) is 77.6 Å². The second-order valence-corrected chi connectivity index (χ2v) is 7.73. The number of hydrogen-bond acceptors (Lipinski definition) is 6. The van der Waals surface area contributed by atoms with Gasteiger partial charge in [-0.1, -0.05) is 41.6 Å². The van der Waals surface area contributed by atoms with Crippen LogP contribution >= 0.6 is 0 Å². The van der Waals surface area contributed by atoms with Crippen LogP contribution in [0.15, 0.2) is 52.6 Å². The van der Waals surface area contributed by atoms with Crippen LogP contribution in [0.3, 0.4) is 0 Å². The normalized spacial score (nSPS) is 12.3. The predicted molar refractivity (Wildman–Crippen MR) is 121 cm³/mol. The lowest BCUT2D eigenvalue weighted by Crippen LogP contribution is -2.13. The maximum absolute atomic E-state index is 14.4. The lowest BCUT2D eigenvalue weighted by Gasteiger charge is -2.11. The van der Waals surface area contributed by atoms with Crippen molar-refractivity contribution in [3.63, 3.8) is 0 Å². The number of allylic oxidation sites excluding steroid dienone is 1. The molecule has 0 aliphatic carbocycles.